The summed E-state index contributed by atoms with van der Waals surface area (Å²) < 4.78 is 18.3. The van der Waals surface area contributed by atoms with E-state index in [9.17, 15) is 14.3 Å². The van der Waals surface area contributed by atoms with Gasteiger partial charge in [0.05, 0.1) is 12.7 Å². The van der Waals surface area contributed by atoms with Gasteiger partial charge in [-0.1, -0.05) is 76.1 Å². The minimum atomic E-state index is -0.902. The van der Waals surface area contributed by atoms with E-state index in [1.165, 1.54) is 63.5 Å². The van der Waals surface area contributed by atoms with E-state index in [1.54, 1.807) is 43.2 Å². The number of nitrogens with zero attached hydrogens (tertiary/aromatic N) is 1. The first-order valence-electron chi connectivity index (χ1n) is 14.5. The third-order valence-electron chi connectivity index (χ3n) is 6.72. The number of ether oxygens (including phenoxy) is 1. The molecule has 3 N–H and O–H groups in total. The van der Waals surface area contributed by atoms with Crippen LogP contribution in [-0.2, 0) is 17.8 Å². The van der Waals surface area contributed by atoms with Gasteiger partial charge in [0.15, 0.2) is 0 Å². The van der Waals surface area contributed by atoms with Crippen molar-refractivity contribution in [2.45, 2.75) is 83.1 Å². The molecule has 40 heavy (non-hydrogen) atoms. The summed E-state index contributed by atoms with van der Waals surface area (Å²) in [5.74, 6) is 0.443. The van der Waals surface area contributed by atoms with Crippen molar-refractivity contribution in [3.8, 4) is 5.75 Å². The highest BCUT2D eigenvalue weighted by atomic mass is 32.2. The van der Waals surface area contributed by atoms with Gasteiger partial charge < -0.3 is 20.5 Å². The second-order valence-corrected chi connectivity index (χ2v) is 11.2. The number of carboxylic acids is 1. The summed E-state index contributed by atoms with van der Waals surface area (Å²) in [5.41, 5.74) is 7.90. The van der Waals surface area contributed by atoms with Crippen LogP contribution in [0, 0.1) is 5.82 Å². The van der Waals surface area contributed by atoms with Gasteiger partial charge in [-0.25, -0.2) is 9.18 Å². The first-order chi connectivity index (χ1) is 19.5. The molecule has 1 aliphatic rings. The summed E-state index contributed by atoms with van der Waals surface area (Å²) in [6.45, 7) is 3.72. The van der Waals surface area contributed by atoms with E-state index in [0.717, 1.165) is 42.0 Å². The van der Waals surface area contributed by atoms with Crippen LogP contribution >= 0.6 is 11.8 Å². The maximum absolute atomic E-state index is 13.0. The van der Waals surface area contributed by atoms with Gasteiger partial charge in [-0.05, 0) is 79.1 Å². The van der Waals surface area contributed by atoms with E-state index in [-0.39, 0.29) is 11.2 Å². The average Bonchev–Trinajstić information content (AvgIpc) is 2.96. The zero-order valence-electron chi connectivity index (χ0n) is 24.2. The maximum Gasteiger partial charge on any atom is 0.334 e. The number of hydrogen-bond donors (Lipinski definition) is 2. The molecule has 1 aliphatic heterocycles. The molecule has 1 heterocycles. The molecule has 0 saturated heterocycles. The molecular weight excluding hydrogens is 523 g/mol. The van der Waals surface area contributed by atoms with E-state index in [0.29, 0.717) is 12.1 Å². The second-order valence-electron chi connectivity index (χ2n) is 10.0. The minimum absolute atomic E-state index is 0.235. The molecular formula is C33H47FN2O3S. The number of aryl methyl sites for hydroxylation is 1. The molecule has 0 spiro atoms. The Morgan fingerprint density at radius 1 is 1.00 bits per heavy atom. The van der Waals surface area contributed by atoms with Crippen LogP contribution in [-0.4, -0.2) is 40.8 Å². The number of unbranched alkanes of at least 4 members (excludes halogenated alkanes) is 7. The van der Waals surface area contributed by atoms with E-state index >= 15 is 0 Å². The Morgan fingerprint density at radius 3 is 2.35 bits per heavy atom. The molecule has 0 bridgehead atoms. The van der Waals surface area contributed by atoms with Crippen LogP contribution in [0.4, 0.5) is 4.39 Å². The number of thioether (sulfide) groups is 1. The number of benzene rings is 2. The number of methoxy groups -OCH3 is 1. The number of aliphatic carboxylic acids is 1. The first kappa shape index (κ1) is 33.4. The smallest absolute Gasteiger partial charge is 0.334 e. The van der Waals surface area contributed by atoms with Gasteiger partial charge >= 0.3 is 5.97 Å². The zero-order valence-corrected chi connectivity index (χ0v) is 25.0. The summed E-state index contributed by atoms with van der Waals surface area (Å²) in [5, 5.41) is 9.37. The fraction of sp³-hybridized carbons (Fsp3) is 0.485. The van der Waals surface area contributed by atoms with E-state index in [4.69, 9.17) is 10.5 Å². The summed E-state index contributed by atoms with van der Waals surface area (Å²) >= 11 is 1.61. The lowest BCUT2D eigenvalue weighted by atomic mass is 10.1. The SMILES string of the molecule is CCCCCCCCCCN.COc1cccc(CN2C=CC=C(C(=O)O)C2SCCCc2ccc(F)cc2)c1. The van der Waals surface area contributed by atoms with Crippen LogP contribution in [0.5, 0.6) is 5.75 Å². The molecule has 220 valence electrons. The third kappa shape index (κ3) is 13.1. The Balaban J connectivity index is 0.000000432. The van der Waals surface area contributed by atoms with Gasteiger partial charge in [0, 0.05) is 12.7 Å². The molecule has 1 unspecified atom stereocenters. The van der Waals surface area contributed by atoms with E-state index in [1.807, 2.05) is 35.4 Å². The lowest BCUT2D eigenvalue weighted by molar-refractivity contribution is -0.133. The predicted octanol–water partition coefficient (Wildman–Crippen LogP) is 7.95. The lowest BCUT2D eigenvalue weighted by Gasteiger charge is -2.33. The van der Waals surface area contributed by atoms with Crippen molar-refractivity contribution < 1.29 is 19.0 Å². The molecule has 7 heteroatoms. The third-order valence-corrected chi connectivity index (χ3v) is 8.09. The van der Waals surface area contributed by atoms with Crippen molar-refractivity contribution in [2.75, 3.05) is 19.4 Å². The Kier molecular flexibility index (Phi) is 16.9. The lowest BCUT2D eigenvalue weighted by Crippen LogP contribution is -2.34. The molecule has 1 atom stereocenters. The second kappa shape index (κ2) is 20.2. The number of hydrogen-bond acceptors (Lipinski definition) is 5. The van der Waals surface area contributed by atoms with E-state index < -0.39 is 5.97 Å². The van der Waals surface area contributed by atoms with Crippen molar-refractivity contribution in [1.29, 1.82) is 0 Å². The summed E-state index contributed by atoms with van der Waals surface area (Å²) in [6, 6.07) is 14.3. The summed E-state index contributed by atoms with van der Waals surface area (Å²) in [6.07, 6.45) is 18.1. The minimum Gasteiger partial charge on any atom is -0.497 e. The number of carboxylic acid groups (broad SMARTS) is 1. The molecule has 0 aromatic heterocycles. The van der Waals surface area contributed by atoms with Crippen LogP contribution in [0.2, 0.25) is 0 Å². The van der Waals surface area contributed by atoms with Crippen molar-refractivity contribution in [1.82, 2.24) is 4.90 Å². The van der Waals surface area contributed by atoms with Gasteiger partial charge in [0.1, 0.15) is 16.9 Å². The molecule has 0 radical (unpaired) electrons. The normalized spacial score (nSPS) is 14.3. The highest BCUT2D eigenvalue weighted by Crippen LogP contribution is 2.30. The standard InChI is InChI=1S/C23H24FNO3S.C10H23N/c1-28-20-7-2-5-18(15-20)16-25-13-3-8-21(23(26)27)22(25)29-14-4-6-17-9-11-19(24)12-10-17;1-2-3-4-5-6-7-8-9-10-11/h2-3,5,7-13,15,22H,4,6,14,16H2,1H3,(H,26,27);2-11H2,1H3. The molecule has 3 rings (SSSR count). The molecule has 0 amide bonds. The van der Waals surface area contributed by atoms with Crippen LogP contribution in [0.3, 0.4) is 0 Å². The monoisotopic (exact) mass is 570 g/mol. The van der Waals surface area contributed by atoms with Crippen LogP contribution in [0.15, 0.2) is 72.5 Å². The largest absolute Gasteiger partial charge is 0.497 e. The highest BCUT2D eigenvalue weighted by Gasteiger charge is 2.27. The van der Waals surface area contributed by atoms with Gasteiger partial charge in [0.2, 0.25) is 0 Å². The number of allylic oxidation sites excluding steroid dienone is 2. The first-order valence-corrected chi connectivity index (χ1v) is 15.6. The predicted molar refractivity (Wildman–Crippen MR) is 166 cm³/mol. The number of rotatable bonds is 17. The molecule has 2 aromatic rings. The topological polar surface area (TPSA) is 75.8 Å². The Labute approximate surface area is 244 Å². The van der Waals surface area contributed by atoms with Crippen LogP contribution in [0.25, 0.3) is 0 Å². The molecule has 2 aromatic carbocycles. The van der Waals surface area contributed by atoms with Crippen molar-refractivity contribution >= 4 is 17.7 Å². The Bertz CT molecular complexity index is 1030. The van der Waals surface area contributed by atoms with Gasteiger partial charge in [0.25, 0.3) is 0 Å². The van der Waals surface area contributed by atoms with Crippen LogP contribution in [0.1, 0.15) is 75.8 Å². The molecule has 0 fully saturated rings. The fourth-order valence-corrected chi connectivity index (χ4v) is 5.71. The Morgan fingerprint density at radius 2 is 1.70 bits per heavy atom. The number of nitrogens with two attached hydrogens (primary N) is 1. The van der Waals surface area contributed by atoms with Crippen LogP contribution < -0.4 is 10.5 Å². The quantitative estimate of drug-likeness (QED) is 0.188. The van der Waals surface area contributed by atoms with Gasteiger partial charge in [-0.2, -0.15) is 0 Å². The van der Waals surface area contributed by atoms with E-state index in [2.05, 4.69) is 6.92 Å². The van der Waals surface area contributed by atoms with Crippen molar-refractivity contribution in [3.63, 3.8) is 0 Å². The van der Waals surface area contributed by atoms with Gasteiger partial charge in [-0.3, -0.25) is 0 Å². The summed E-state index contributed by atoms with van der Waals surface area (Å²) in [4.78, 5) is 13.8. The molecule has 5 nitrogen and oxygen atoms in total. The fourth-order valence-electron chi connectivity index (χ4n) is 4.48. The summed E-state index contributed by atoms with van der Waals surface area (Å²) in [7, 11) is 1.63. The zero-order chi connectivity index (χ0) is 29.0. The van der Waals surface area contributed by atoms with Crippen molar-refractivity contribution in [3.05, 3.63) is 89.4 Å². The number of carbonyl (C=O) groups is 1. The molecule has 0 aliphatic carbocycles. The molecule has 0 saturated carbocycles. The Hall–Kier alpha value is -2.77. The number of halogens is 1. The average molecular weight is 571 g/mol. The van der Waals surface area contributed by atoms with Gasteiger partial charge in [-0.15, -0.1) is 11.8 Å². The highest BCUT2D eigenvalue weighted by molar-refractivity contribution is 8.00. The maximum atomic E-state index is 13.0. The van der Waals surface area contributed by atoms with Crippen molar-refractivity contribution in [2.24, 2.45) is 5.73 Å².